The van der Waals surface area contributed by atoms with Gasteiger partial charge in [-0.3, -0.25) is 0 Å². The monoisotopic (exact) mass is 298 g/mol. The van der Waals surface area contributed by atoms with Gasteiger partial charge in [0.05, 0.1) is 11.0 Å². The van der Waals surface area contributed by atoms with Gasteiger partial charge in [0.2, 0.25) is 0 Å². The molecule has 2 aliphatic heterocycles. The van der Waals surface area contributed by atoms with E-state index in [1.807, 2.05) is 0 Å². The summed E-state index contributed by atoms with van der Waals surface area (Å²) in [5.74, 6) is -1.58. The Labute approximate surface area is 143 Å². The minimum Gasteiger partial charge on any atom is -0.459 e. The molecule has 21 heavy (non-hydrogen) atoms. The Morgan fingerprint density at radius 3 is 3.00 bits per heavy atom. The summed E-state index contributed by atoms with van der Waals surface area (Å²) in [6.07, 6.45) is -17.4. The highest BCUT2D eigenvalue weighted by Crippen LogP contribution is 2.35. The number of carbonyl (C=O) groups excluding carboxylic acids is 1. The van der Waals surface area contributed by atoms with Gasteiger partial charge in [0, 0.05) is 55.6 Å². The van der Waals surface area contributed by atoms with Crippen LogP contribution >= 0.6 is 0 Å². The van der Waals surface area contributed by atoms with E-state index in [1.54, 1.807) is 0 Å². The summed E-state index contributed by atoms with van der Waals surface area (Å²) in [5.41, 5.74) is -0.467. The van der Waals surface area contributed by atoms with Crippen LogP contribution in [0, 0.1) is 0 Å². The van der Waals surface area contributed by atoms with Crippen LogP contribution in [-0.4, -0.2) is 41.0 Å². The van der Waals surface area contributed by atoms with Crippen molar-refractivity contribution in [2.24, 2.45) is 0 Å². The average molecular weight is 298 g/mol. The Morgan fingerprint density at radius 1 is 1.48 bits per heavy atom. The lowest BCUT2D eigenvalue weighted by molar-refractivity contribution is -0.000258. The Hall–Kier alpha value is -1.81. The first-order valence-electron chi connectivity index (χ1n) is 13.2. The highest BCUT2D eigenvalue weighted by atomic mass is 16.5. The molecular weight excluding hydrogens is 264 g/mol. The number of nitrogens with one attached hydrogen (secondary N) is 1. The molecule has 4 nitrogen and oxygen atoms in total. The Kier molecular flexibility index (Phi) is 1.13. The van der Waals surface area contributed by atoms with E-state index in [0.717, 1.165) is 19.3 Å². The van der Waals surface area contributed by atoms with Crippen LogP contribution in [0.4, 0.5) is 0 Å². The average Bonchev–Trinajstić information content (AvgIpc) is 3.20. The van der Waals surface area contributed by atoms with Crippen molar-refractivity contribution in [3.63, 3.8) is 0 Å². The second-order valence-corrected chi connectivity index (χ2v) is 4.50. The van der Waals surface area contributed by atoms with Gasteiger partial charge in [0.1, 0.15) is 6.08 Å². The number of fused-ring (bicyclic) bond motifs is 3. The van der Waals surface area contributed by atoms with Crippen LogP contribution in [0.15, 0.2) is 30.4 Å². The number of H-pyrrole nitrogens is 1. The lowest BCUT2D eigenvalue weighted by Gasteiger charge is -2.35. The quantitative estimate of drug-likeness (QED) is 0.867. The van der Waals surface area contributed by atoms with Crippen LogP contribution in [0.5, 0.6) is 0 Å². The van der Waals surface area contributed by atoms with E-state index >= 15 is 0 Å². The fraction of sp³-hybridized carbons (Fsp3) is 0.471. The molecule has 1 N–H and O–H groups in total. The van der Waals surface area contributed by atoms with Gasteiger partial charge < -0.3 is 14.6 Å². The zero-order valence-corrected chi connectivity index (χ0v) is 10.9. The summed E-state index contributed by atoms with van der Waals surface area (Å²) in [4.78, 5) is 16.0. The van der Waals surface area contributed by atoms with Crippen molar-refractivity contribution in [1.82, 2.24) is 9.88 Å². The molecule has 2 aliphatic rings. The summed E-state index contributed by atoms with van der Waals surface area (Å²) in [5, 5.41) is -0.233. The van der Waals surface area contributed by atoms with Crippen LogP contribution in [-0.2, 0) is 4.74 Å². The fourth-order valence-corrected chi connectivity index (χ4v) is 2.13. The number of aromatic nitrogens is 1. The lowest BCUT2D eigenvalue weighted by atomic mass is 10.0. The maximum atomic E-state index is 13.2. The lowest BCUT2D eigenvalue weighted by Crippen LogP contribution is -2.43. The molecule has 110 valence electrons. The van der Waals surface area contributed by atoms with Crippen molar-refractivity contribution in [3.05, 3.63) is 36.0 Å². The molecule has 2 fully saturated rings. The van der Waals surface area contributed by atoms with Crippen molar-refractivity contribution in [2.75, 3.05) is 7.05 Å². The van der Waals surface area contributed by atoms with Crippen molar-refractivity contribution >= 4 is 16.9 Å². The number of rotatable bonds is 2. The minimum absolute atomic E-state index is 0.0537. The highest BCUT2D eigenvalue weighted by molar-refractivity contribution is 6.04. The first kappa shape index (κ1) is 4.85. The largest absolute Gasteiger partial charge is 0.459 e. The van der Waals surface area contributed by atoms with E-state index in [1.165, 1.54) is 0 Å². The molecule has 4 heteroatoms. The molecule has 0 spiro atoms. The zero-order chi connectivity index (χ0) is 26.9. The van der Waals surface area contributed by atoms with Gasteiger partial charge in [-0.25, -0.2) is 4.79 Å². The van der Waals surface area contributed by atoms with E-state index < -0.39 is 67.2 Å². The van der Waals surface area contributed by atoms with Crippen molar-refractivity contribution in [1.29, 1.82) is 0 Å². The third-order valence-corrected chi connectivity index (χ3v) is 3.24. The number of aromatic amines is 1. The number of esters is 1. The standard InChI is InChI=1S/C17H20N2O2/c1-19-11-6-7-12(19)9-13(8-11)21-17(20)15-10-18-16-5-3-2-4-14(15)16/h2-5,10-13,18H,6-9H2,1H3/t11-,12+,13?/i2D,3D,4D,6D2,7D2,8D2,9D2,11D,12D,13D. The maximum absolute atomic E-state index is 13.2. The SMILES string of the molecule is [2H]c1cc2[nH]cc(C(=O)OC3([2H])C([2H])([2H])[C@]4([2H])N(C)[C@]([2H])(C3([2H])[2H])C([2H])([2H])C4([2H])[2H])c2c([2H])c1[2H]. The van der Waals surface area contributed by atoms with Gasteiger partial charge in [-0.05, 0) is 25.9 Å². The smallest absolute Gasteiger partial charge is 0.340 e. The molecule has 0 radical (unpaired) electrons. The van der Waals surface area contributed by atoms with Crippen LogP contribution in [0.25, 0.3) is 10.9 Å². The second-order valence-electron chi connectivity index (χ2n) is 4.50. The summed E-state index contributed by atoms with van der Waals surface area (Å²) in [6, 6.07) is -7.08. The maximum Gasteiger partial charge on any atom is 0.340 e. The molecule has 3 atom stereocenters. The van der Waals surface area contributed by atoms with E-state index in [4.69, 9.17) is 23.9 Å². The van der Waals surface area contributed by atoms with Crippen LogP contribution in [0.1, 0.15) is 55.0 Å². The number of piperidine rings is 1. The summed E-state index contributed by atoms with van der Waals surface area (Å²) in [6.45, 7) is 0. The molecule has 3 heterocycles. The number of benzene rings is 1. The molecule has 0 aliphatic carbocycles. The van der Waals surface area contributed by atoms with Crippen molar-refractivity contribution < 1.29 is 28.7 Å². The molecule has 4 rings (SSSR count). The Morgan fingerprint density at radius 2 is 2.24 bits per heavy atom. The Balaban J connectivity index is 1.94. The number of hydrogen-bond acceptors (Lipinski definition) is 3. The van der Waals surface area contributed by atoms with E-state index in [9.17, 15) is 4.79 Å². The van der Waals surface area contributed by atoms with Gasteiger partial charge in [0.15, 0.2) is 0 Å². The number of carbonyl (C=O) groups is 1. The summed E-state index contributed by atoms with van der Waals surface area (Å²) in [7, 11) is 0.806. The third kappa shape index (κ3) is 2.14. The fourth-order valence-electron chi connectivity index (χ4n) is 2.13. The predicted octanol–water partition coefficient (Wildman–Crippen LogP) is 2.95. The van der Waals surface area contributed by atoms with Crippen molar-refractivity contribution in [2.45, 2.75) is 43.6 Å². The van der Waals surface area contributed by atoms with Gasteiger partial charge >= 0.3 is 5.97 Å². The molecule has 2 bridgehead atoms. The van der Waals surface area contributed by atoms with Crippen LogP contribution < -0.4 is 0 Å². The molecule has 2 aromatic rings. The van der Waals surface area contributed by atoms with Crippen molar-refractivity contribution in [3.8, 4) is 0 Å². The molecular formula is C17H20N2O2. The highest BCUT2D eigenvalue weighted by Gasteiger charge is 2.40. The van der Waals surface area contributed by atoms with E-state index in [2.05, 4.69) is 4.98 Å². The van der Waals surface area contributed by atoms with E-state index in [0.29, 0.717) is 0 Å². The van der Waals surface area contributed by atoms with Crippen LogP contribution in [0.2, 0.25) is 0 Å². The molecule has 1 aromatic heterocycles. The molecule has 0 saturated carbocycles. The molecule has 1 aromatic carbocycles. The first-order chi connectivity index (χ1) is 15.6. The number of nitrogens with zero attached hydrogens (tertiary/aromatic N) is 1. The summed E-state index contributed by atoms with van der Waals surface area (Å²) < 4.78 is 121. The number of hydrogen-bond donors (Lipinski definition) is 1. The predicted molar refractivity (Wildman–Crippen MR) is 81.3 cm³/mol. The van der Waals surface area contributed by atoms with Gasteiger partial charge in [-0.15, -0.1) is 0 Å². The van der Waals surface area contributed by atoms with E-state index in [-0.39, 0.29) is 21.8 Å². The number of para-hydroxylation sites is 1. The molecule has 2 saturated heterocycles. The van der Waals surface area contributed by atoms with Crippen LogP contribution in [0.3, 0.4) is 0 Å². The number of ether oxygens (including phenoxy) is 1. The van der Waals surface area contributed by atoms with Gasteiger partial charge in [-0.2, -0.15) is 0 Å². The topological polar surface area (TPSA) is 45.3 Å². The Bertz CT molecular complexity index is 1240. The summed E-state index contributed by atoms with van der Waals surface area (Å²) >= 11 is 0. The minimum atomic E-state index is -3.81. The molecule has 0 amide bonds. The second kappa shape index (κ2) is 4.88. The zero-order valence-electron chi connectivity index (χ0n) is 24.9. The third-order valence-electron chi connectivity index (χ3n) is 3.24. The normalized spacial score (nSPS) is 58.7. The van der Waals surface area contributed by atoms with Gasteiger partial charge in [0.25, 0.3) is 0 Å². The first-order valence-corrected chi connectivity index (χ1v) is 6.16. The molecule has 1 unspecified atom stereocenters. The van der Waals surface area contributed by atoms with Gasteiger partial charge in [-0.1, -0.05) is 18.1 Å².